The molecule has 0 spiro atoms. The van der Waals surface area contributed by atoms with Crippen molar-refractivity contribution in [1.82, 2.24) is 5.01 Å². The lowest BCUT2D eigenvalue weighted by molar-refractivity contribution is -0.140. The van der Waals surface area contributed by atoms with E-state index in [1.807, 2.05) is 25.1 Å². The van der Waals surface area contributed by atoms with Gasteiger partial charge in [-0.3, -0.25) is 9.59 Å². The molecule has 1 saturated heterocycles. The molecule has 6 rings (SSSR count). The lowest BCUT2D eigenvalue weighted by Crippen LogP contribution is -2.28. The standard InChI is InChI=1S/C26H23ClN2O6/c1-2-32-21-9-15(11-28-29-25(30)22-16-4-5-17(10-16)23(22)26(29)31)7-18(27)24(21)33-12-14-3-6-19-20(8-14)35-13-34-19/h3-9,11,16-17,22-23H,2,10,12-13H2,1H3/t16-,17-,22-,23+/m0/s1. The first-order valence-electron chi connectivity index (χ1n) is 11.6. The SMILES string of the molecule is CCOc1cc(C=NN2C(=O)[C@@H]3[C@H](C2=O)[C@H]2C=C[C@H]3C2)cc(Cl)c1OCc1ccc2c(c1)OCO2. The van der Waals surface area contributed by atoms with E-state index in [1.54, 1.807) is 12.1 Å². The van der Waals surface area contributed by atoms with Gasteiger partial charge in [0.15, 0.2) is 23.0 Å². The molecule has 0 aromatic heterocycles. The first-order chi connectivity index (χ1) is 17.0. The summed E-state index contributed by atoms with van der Waals surface area (Å²) in [7, 11) is 0. The number of ether oxygens (including phenoxy) is 4. The van der Waals surface area contributed by atoms with Crippen LogP contribution < -0.4 is 18.9 Å². The summed E-state index contributed by atoms with van der Waals surface area (Å²) < 4.78 is 22.5. The number of carbonyl (C=O) groups excluding carboxylic acids is 2. The zero-order valence-corrected chi connectivity index (χ0v) is 19.7. The van der Waals surface area contributed by atoms with Crippen LogP contribution in [0, 0.1) is 23.7 Å². The molecule has 35 heavy (non-hydrogen) atoms. The Balaban J connectivity index is 1.20. The lowest BCUT2D eigenvalue weighted by atomic mass is 9.85. The third kappa shape index (κ3) is 3.72. The van der Waals surface area contributed by atoms with Crippen molar-refractivity contribution in [1.29, 1.82) is 0 Å². The van der Waals surface area contributed by atoms with Gasteiger partial charge in [0.2, 0.25) is 6.79 Å². The number of rotatable bonds is 7. The molecule has 1 saturated carbocycles. The van der Waals surface area contributed by atoms with Gasteiger partial charge in [-0.25, -0.2) is 0 Å². The average Bonchev–Trinajstić information content (AvgIpc) is 3.62. The molecule has 0 N–H and O–H groups in total. The molecule has 2 aliphatic heterocycles. The van der Waals surface area contributed by atoms with Gasteiger partial charge >= 0.3 is 0 Å². The van der Waals surface area contributed by atoms with Crippen molar-refractivity contribution >= 4 is 29.6 Å². The zero-order valence-electron chi connectivity index (χ0n) is 19.0. The second-order valence-corrected chi connectivity index (χ2v) is 9.38. The lowest BCUT2D eigenvalue weighted by Gasteiger charge is -2.15. The quantitative estimate of drug-likeness (QED) is 0.326. The molecule has 2 bridgehead atoms. The highest BCUT2D eigenvalue weighted by Crippen LogP contribution is 2.52. The fourth-order valence-corrected chi connectivity index (χ4v) is 5.65. The van der Waals surface area contributed by atoms with Crippen LogP contribution in [0.2, 0.25) is 5.02 Å². The number of nitrogens with zero attached hydrogens (tertiary/aromatic N) is 2. The van der Waals surface area contributed by atoms with E-state index in [0.717, 1.165) is 17.0 Å². The molecule has 2 fully saturated rings. The Bertz CT molecular complexity index is 1240. The monoisotopic (exact) mass is 494 g/mol. The molecule has 2 amide bonds. The number of amides is 2. The van der Waals surface area contributed by atoms with Crippen LogP contribution >= 0.6 is 11.6 Å². The number of allylic oxidation sites excluding steroid dienone is 2. The van der Waals surface area contributed by atoms with Crippen molar-refractivity contribution in [2.75, 3.05) is 13.4 Å². The van der Waals surface area contributed by atoms with Crippen molar-refractivity contribution in [3.8, 4) is 23.0 Å². The Kier molecular flexibility index (Phi) is 5.40. The van der Waals surface area contributed by atoms with Crippen molar-refractivity contribution in [2.45, 2.75) is 20.0 Å². The topological polar surface area (TPSA) is 86.7 Å². The normalized spacial score (nSPS) is 25.7. The minimum absolute atomic E-state index is 0.141. The highest BCUT2D eigenvalue weighted by atomic mass is 35.5. The van der Waals surface area contributed by atoms with Crippen LogP contribution in [0.5, 0.6) is 23.0 Å². The van der Waals surface area contributed by atoms with E-state index >= 15 is 0 Å². The molecule has 2 aromatic rings. The minimum Gasteiger partial charge on any atom is -0.490 e. The number of hydrogen-bond acceptors (Lipinski definition) is 7. The third-order valence-electron chi connectivity index (χ3n) is 6.92. The summed E-state index contributed by atoms with van der Waals surface area (Å²) in [6.45, 7) is 2.72. The number of fused-ring (bicyclic) bond motifs is 6. The van der Waals surface area contributed by atoms with Gasteiger partial charge < -0.3 is 18.9 Å². The van der Waals surface area contributed by atoms with Crippen LogP contribution in [-0.2, 0) is 16.2 Å². The Hall–Kier alpha value is -3.52. The van der Waals surface area contributed by atoms with Crippen LogP contribution in [0.4, 0.5) is 0 Å². The van der Waals surface area contributed by atoms with Gasteiger partial charge in [-0.1, -0.05) is 29.8 Å². The molecule has 4 atom stereocenters. The second kappa shape index (κ2) is 8.61. The predicted molar refractivity (Wildman–Crippen MR) is 127 cm³/mol. The predicted octanol–water partition coefficient (Wildman–Crippen LogP) is 4.19. The average molecular weight is 495 g/mol. The van der Waals surface area contributed by atoms with E-state index in [-0.39, 0.29) is 48.9 Å². The van der Waals surface area contributed by atoms with Gasteiger partial charge in [-0.15, -0.1) is 0 Å². The fraction of sp³-hybridized carbons (Fsp3) is 0.346. The molecule has 8 nitrogen and oxygen atoms in total. The second-order valence-electron chi connectivity index (χ2n) is 8.97. The number of imide groups is 1. The van der Waals surface area contributed by atoms with E-state index < -0.39 is 0 Å². The van der Waals surface area contributed by atoms with Crippen LogP contribution in [-0.4, -0.2) is 36.4 Å². The van der Waals surface area contributed by atoms with Crippen molar-refractivity contribution in [3.63, 3.8) is 0 Å². The van der Waals surface area contributed by atoms with Gasteiger partial charge in [0.25, 0.3) is 11.8 Å². The molecule has 0 unspecified atom stereocenters. The largest absolute Gasteiger partial charge is 0.490 e. The van der Waals surface area contributed by atoms with E-state index in [1.165, 1.54) is 6.21 Å². The highest BCUT2D eigenvalue weighted by Gasteiger charge is 2.59. The van der Waals surface area contributed by atoms with Gasteiger partial charge in [0.1, 0.15) is 6.61 Å². The molecule has 180 valence electrons. The smallest absolute Gasteiger partial charge is 0.254 e. The molecule has 2 aliphatic carbocycles. The summed E-state index contributed by atoms with van der Waals surface area (Å²) in [5, 5.41) is 5.58. The molecule has 2 heterocycles. The number of halogens is 1. The summed E-state index contributed by atoms with van der Waals surface area (Å²) in [6.07, 6.45) is 6.45. The molecular formula is C26H23ClN2O6. The number of hydrogen-bond donors (Lipinski definition) is 0. The summed E-state index contributed by atoms with van der Waals surface area (Å²) in [5.41, 5.74) is 1.48. The first-order valence-corrected chi connectivity index (χ1v) is 12.0. The third-order valence-corrected chi connectivity index (χ3v) is 7.20. The minimum atomic E-state index is -0.288. The molecule has 4 aliphatic rings. The van der Waals surface area contributed by atoms with Crippen LogP contribution in [0.1, 0.15) is 24.5 Å². The van der Waals surface area contributed by atoms with Crippen LogP contribution in [0.15, 0.2) is 47.6 Å². The fourth-order valence-electron chi connectivity index (χ4n) is 5.38. The maximum atomic E-state index is 12.9. The van der Waals surface area contributed by atoms with E-state index in [9.17, 15) is 9.59 Å². The van der Waals surface area contributed by atoms with Crippen LogP contribution in [0.25, 0.3) is 0 Å². The Morgan fingerprint density at radius 3 is 2.54 bits per heavy atom. The highest BCUT2D eigenvalue weighted by molar-refractivity contribution is 6.32. The van der Waals surface area contributed by atoms with Crippen molar-refractivity contribution in [3.05, 3.63) is 58.6 Å². The first kappa shape index (κ1) is 22.0. The summed E-state index contributed by atoms with van der Waals surface area (Å²) in [5.74, 6) is 1.47. The molecular weight excluding hydrogens is 472 g/mol. The zero-order chi connectivity index (χ0) is 24.1. The van der Waals surface area contributed by atoms with Crippen molar-refractivity contribution in [2.24, 2.45) is 28.8 Å². The van der Waals surface area contributed by atoms with Gasteiger partial charge in [-0.05, 0) is 60.6 Å². The van der Waals surface area contributed by atoms with Gasteiger partial charge in [0, 0.05) is 0 Å². The maximum absolute atomic E-state index is 12.9. The molecule has 9 heteroatoms. The van der Waals surface area contributed by atoms with E-state index in [2.05, 4.69) is 17.3 Å². The Morgan fingerprint density at radius 2 is 1.80 bits per heavy atom. The Labute approximate surface area is 207 Å². The number of hydrazone groups is 1. The molecule has 2 aromatic carbocycles. The summed E-state index contributed by atoms with van der Waals surface area (Å²) >= 11 is 6.54. The number of carbonyl (C=O) groups is 2. The maximum Gasteiger partial charge on any atom is 0.254 e. The summed E-state index contributed by atoms with van der Waals surface area (Å²) in [4.78, 5) is 25.7. The summed E-state index contributed by atoms with van der Waals surface area (Å²) in [6, 6.07) is 8.98. The van der Waals surface area contributed by atoms with Gasteiger partial charge in [0.05, 0.1) is 29.7 Å². The van der Waals surface area contributed by atoms with E-state index in [4.69, 9.17) is 30.5 Å². The Morgan fingerprint density at radius 1 is 1.06 bits per heavy atom. The van der Waals surface area contributed by atoms with E-state index in [0.29, 0.717) is 40.2 Å². The van der Waals surface area contributed by atoms with Crippen molar-refractivity contribution < 1.29 is 28.5 Å². The molecule has 0 radical (unpaired) electrons. The number of benzene rings is 2. The van der Waals surface area contributed by atoms with Gasteiger partial charge in [-0.2, -0.15) is 10.1 Å². The van der Waals surface area contributed by atoms with Crippen LogP contribution in [0.3, 0.4) is 0 Å².